The molecule has 10 nitrogen and oxygen atoms in total. The second-order valence-corrected chi connectivity index (χ2v) is 9.71. The Kier molecular flexibility index (Phi) is 7.66. The molecule has 2 aliphatic heterocycles. The number of nitrogens with zero attached hydrogens (tertiary/aromatic N) is 2. The summed E-state index contributed by atoms with van der Waals surface area (Å²) in [6.45, 7) is 8.80. The van der Waals surface area contributed by atoms with Gasteiger partial charge in [0, 0.05) is 32.7 Å². The number of cyclic esters (lactones) is 1. The molecular weight excluding hydrogens is 390 g/mol. The maximum Gasteiger partial charge on any atom is 0.410 e. The molecule has 1 amide bonds. The van der Waals surface area contributed by atoms with Crippen LogP contribution in [-0.4, -0.2) is 100 Å². The van der Waals surface area contributed by atoms with E-state index in [1.165, 1.54) is 4.90 Å². The smallest absolute Gasteiger partial charge is 0.410 e. The van der Waals surface area contributed by atoms with E-state index in [2.05, 4.69) is 10.2 Å². The van der Waals surface area contributed by atoms with Gasteiger partial charge in [-0.15, -0.1) is 0 Å². The van der Waals surface area contributed by atoms with Crippen LogP contribution < -0.4 is 5.32 Å². The van der Waals surface area contributed by atoms with Crippen molar-refractivity contribution in [1.29, 1.82) is 0 Å². The summed E-state index contributed by atoms with van der Waals surface area (Å²) < 4.78 is 37.6. The molecule has 11 heteroatoms. The van der Waals surface area contributed by atoms with Crippen molar-refractivity contribution in [2.24, 2.45) is 0 Å². The van der Waals surface area contributed by atoms with Crippen molar-refractivity contribution >= 4 is 22.2 Å². The number of piperazine rings is 1. The Morgan fingerprint density at radius 2 is 1.96 bits per heavy atom. The highest BCUT2D eigenvalue weighted by Crippen LogP contribution is 2.18. The molecule has 2 rings (SSSR count). The normalized spacial score (nSPS) is 22.8. The molecular formula is C17H31N3O7S. The average Bonchev–Trinajstić information content (AvgIpc) is 2.92. The van der Waals surface area contributed by atoms with Crippen LogP contribution in [0.25, 0.3) is 0 Å². The molecule has 0 aromatic carbocycles. The van der Waals surface area contributed by atoms with Gasteiger partial charge in [-0.2, -0.15) is 8.42 Å². The number of nitrogens with one attached hydrogen (secondary N) is 1. The predicted octanol–water partition coefficient (Wildman–Crippen LogP) is -0.211. The minimum atomic E-state index is -3.60. The van der Waals surface area contributed by atoms with E-state index in [0.29, 0.717) is 13.0 Å². The van der Waals surface area contributed by atoms with Crippen molar-refractivity contribution in [3.05, 3.63) is 0 Å². The minimum absolute atomic E-state index is 0.214. The third-order valence-electron chi connectivity index (χ3n) is 4.36. The minimum Gasteiger partial charge on any atom is -0.459 e. The highest BCUT2D eigenvalue weighted by molar-refractivity contribution is 7.85. The molecule has 2 fully saturated rings. The predicted molar refractivity (Wildman–Crippen MR) is 101 cm³/mol. The first-order valence-electron chi connectivity index (χ1n) is 9.42. The standard InChI is InChI=1S/C17H31N3O7S/c1-17(2,3)27-15(21)14(19-9-6-18-7-10-19)5-8-20-11-13(26-16(20)22)12-25-28(4,23)24/h13-14,18H,5-12H2,1-4H3. The van der Waals surface area contributed by atoms with Gasteiger partial charge < -0.3 is 19.7 Å². The van der Waals surface area contributed by atoms with Crippen LogP contribution in [0.1, 0.15) is 27.2 Å². The van der Waals surface area contributed by atoms with Crippen LogP contribution >= 0.6 is 0 Å². The summed E-state index contributed by atoms with van der Waals surface area (Å²) in [6, 6.07) is -0.458. The SMILES string of the molecule is CC(C)(C)OC(=O)C(CCN1CC(COS(C)(=O)=O)OC1=O)N1CCNCC1. The summed E-state index contributed by atoms with van der Waals surface area (Å²) in [6.07, 6.45) is 0.163. The van der Waals surface area contributed by atoms with E-state index in [0.717, 1.165) is 32.4 Å². The van der Waals surface area contributed by atoms with Gasteiger partial charge in [-0.1, -0.05) is 0 Å². The van der Waals surface area contributed by atoms with E-state index in [4.69, 9.17) is 13.7 Å². The molecule has 28 heavy (non-hydrogen) atoms. The summed E-state index contributed by atoms with van der Waals surface area (Å²) in [4.78, 5) is 28.3. The quantitative estimate of drug-likeness (QED) is 0.420. The molecule has 2 unspecified atom stereocenters. The van der Waals surface area contributed by atoms with Crippen LogP contribution in [0.2, 0.25) is 0 Å². The largest absolute Gasteiger partial charge is 0.459 e. The molecule has 0 aromatic rings. The fraction of sp³-hybridized carbons (Fsp3) is 0.882. The van der Waals surface area contributed by atoms with E-state index < -0.39 is 34.0 Å². The van der Waals surface area contributed by atoms with Gasteiger partial charge >= 0.3 is 12.1 Å². The van der Waals surface area contributed by atoms with Gasteiger partial charge in [-0.25, -0.2) is 4.79 Å². The summed E-state index contributed by atoms with van der Waals surface area (Å²) in [7, 11) is -3.60. The van der Waals surface area contributed by atoms with Crippen LogP contribution in [0.5, 0.6) is 0 Å². The van der Waals surface area contributed by atoms with E-state index in [9.17, 15) is 18.0 Å². The number of carbonyl (C=O) groups is 2. The van der Waals surface area contributed by atoms with Gasteiger partial charge in [0.05, 0.1) is 12.8 Å². The van der Waals surface area contributed by atoms with Gasteiger partial charge in [0.1, 0.15) is 24.4 Å². The fourth-order valence-corrected chi connectivity index (χ4v) is 3.53. The number of esters is 1. The molecule has 162 valence electrons. The maximum absolute atomic E-state index is 12.7. The van der Waals surface area contributed by atoms with E-state index in [-0.39, 0.29) is 19.1 Å². The summed E-state index contributed by atoms with van der Waals surface area (Å²) in [5, 5.41) is 3.25. The Bertz CT molecular complexity index is 656. The maximum atomic E-state index is 12.7. The lowest BCUT2D eigenvalue weighted by Crippen LogP contribution is -2.53. The molecule has 0 radical (unpaired) electrons. The number of ether oxygens (including phenoxy) is 2. The summed E-state index contributed by atoms with van der Waals surface area (Å²) >= 11 is 0. The molecule has 2 saturated heterocycles. The van der Waals surface area contributed by atoms with Crippen LogP contribution in [0, 0.1) is 0 Å². The Morgan fingerprint density at radius 3 is 2.54 bits per heavy atom. The average molecular weight is 422 g/mol. The van der Waals surface area contributed by atoms with Gasteiger partial charge in [0.25, 0.3) is 10.1 Å². The Labute approximate surface area is 166 Å². The first kappa shape index (κ1) is 22.9. The van der Waals surface area contributed by atoms with Gasteiger partial charge in [0.2, 0.25) is 0 Å². The number of carbonyl (C=O) groups excluding carboxylic acids is 2. The molecule has 2 atom stereocenters. The molecule has 1 N–H and O–H groups in total. The Morgan fingerprint density at radius 1 is 1.32 bits per heavy atom. The van der Waals surface area contributed by atoms with Gasteiger partial charge in [-0.05, 0) is 27.2 Å². The lowest BCUT2D eigenvalue weighted by atomic mass is 10.1. The second kappa shape index (κ2) is 9.38. The first-order chi connectivity index (χ1) is 12.9. The zero-order valence-electron chi connectivity index (χ0n) is 17.0. The van der Waals surface area contributed by atoms with Crippen molar-refractivity contribution in [2.75, 3.05) is 52.1 Å². The zero-order valence-corrected chi connectivity index (χ0v) is 17.8. The molecule has 0 saturated carbocycles. The molecule has 0 aromatic heterocycles. The Balaban J connectivity index is 1.94. The Hall–Kier alpha value is -1.43. The van der Waals surface area contributed by atoms with Crippen LogP contribution in [0.3, 0.4) is 0 Å². The van der Waals surface area contributed by atoms with Crippen molar-refractivity contribution in [1.82, 2.24) is 15.1 Å². The topological polar surface area (TPSA) is 114 Å². The van der Waals surface area contributed by atoms with Crippen LogP contribution in [0.4, 0.5) is 4.79 Å². The molecule has 2 heterocycles. The van der Waals surface area contributed by atoms with Gasteiger partial charge in [0.15, 0.2) is 0 Å². The van der Waals surface area contributed by atoms with E-state index in [1.807, 2.05) is 20.8 Å². The summed E-state index contributed by atoms with van der Waals surface area (Å²) in [5.41, 5.74) is -0.593. The molecule has 0 spiro atoms. The number of hydrogen-bond donors (Lipinski definition) is 1. The van der Waals surface area contributed by atoms with Crippen molar-refractivity contribution in [3.63, 3.8) is 0 Å². The van der Waals surface area contributed by atoms with E-state index in [1.54, 1.807) is 0 Å². The van der Waals surface area contributed by atoms with Gasteiger partial charge in [-0.3, -0.25) is 13.9 Å². The highest BCUT2D eigenvalue weighted by atomic mass is 32.2. The number of rotatable bonds is 8. The van der Waals surface area contributed by atoms with Crippen LogP contribution in [0.15, 0.2) is 0 Å². The van der Waals surface area contributed by atoms with Crippen molar-refractivity contribution in [3.8, 4) is 0 Å². The highest BCUT2D eigenvalue weighted by Gasteiger charge is 2.35. The number of amides is 1. The molecule has 0 aliphatic carbocycles. The zero-order chi connectivity index (χ0) is 20.9. The van der Waals surface area contributed by atoms with Crippen LogP contribution in [-0.2, 0) is 28.6 Å². The number of hydrogen-bond acceptors (Lipinski definition) is 9. The van der Waals surface area contributed by atoms with Crippen molar-refractivity contribution < 1.29 is 31.7 Å². The second-order valence-electron chi connectivity index (χ2n) is 8.06. The monoisotopic (exact) mass is 421 g/mol. The lowest BCUT2D eigenvalue weighted by Gasteiger charge is -2.35. The molecule has 2 aliphatic rings. The fourth-order valence-electron chi connectivity index (χ4n) is 3.13. The lowest BCUT2D eigenvalue weighted by molar-refractivity contribution is -0.162. The first-order valence-corrected chi connectivity index (χ1v) is 11.2. The molecule has 0 bridgehead atoms. The third kappa shape index (κ3) is 7.53. The van der Waals surface area contributed by atoms with E-state index >= 15 is 0 Å². The van der Waals surface area contributed by atoms with Crippen molar-refractivity contribution in [2.45, 2.75) is 44.9 Å². The summed E-state index contributed by atoms with van der Waals surface area (Å²) in [5.74, 6) is -0.307. The third-order valence-corrected chi connectivity index (χ3v) is 4.93.